The number of anilines is 1. The van der Waals surface area contributed by atoms with Gasteiger partial charge in [0.05, 0.1) is 0 Å². The normalized spacial score (nSPS) is 11.0. The Bertz CT molecular complexity index is 477. The van der Waals surface area contributed by atoms with Crippen LogP contribution >= 0.6 is 11.3 Å². The monoisotopic (exact) mass is 246 g/mol. The minimum Gasteiger partial charge on any atom is -0.399 e. The van der Waals surface area contributed by atoms with E-state index in [2.05, 4.69) is 47.0 Å². The molecule has 0 saturated carbocycles. The Morgan fingerprint density at radius 1 is 1.18 bits per heavy atom. The van der Waals surface area contributed by atoms with Gasteiger partial charge in [0.2, 0.25) is 0 Å². The summed E-state index contributed by atoms with van der Waals surface area (Å²) in [5.74, 6) is 0. The third-order valence-electron chi connectivity index (χ3n) is 2.83. The summed E-state index contributed by atoms with van der Waals surface area (Å²) in [5.41, 5.74) is 10.6. The van der Waals surface area contributed by atoms with Gasteiger partial charge in [0.1, 0.15) is 0 Å². The van der Waals surface area contributed by atoms with Crippen molar-refractivity contribution in [3.8, 4) is 0 Å². The molecule has 1 aromatic carbocycles. The van der Waals surface area contributed by atoms with E-state index < -0.39 is 0 Å². The van der Waals surface area contributed by atoms with Crippen LogP contribution in [0.4, 0.5) is 5.69 Å². The Labute approximate surface area is 107 Å². The molecule has 0 aliphatic carbocycles. The maximum Gasteiger partial charge on any atom is 0.0346 e. The van der Waals surface area contributed by atoms with Crippen molar-refractivity contribution in [3.63, 3.8) is 0 Å². The third kappa shape index (κ3) is 3.32. The minimum atomic E-state index is 0.881. The maximum atomic E-state index is 5.92. The van der Waals surface area contributed by atoms with Crippen LogP contribution in [0.1, 0.15) is 16.7 Å². The van der Waals surface area contributed by atoms with E-state index in [4.69, 9.17) is 5.73 Å². The van der Waals surface area contributed by atoms with Crippen molar-refractivity contribution in [2.75, 3.05) is 12.8 Å². The van der Waals surface area contributed by atoms with Crippen LogP contribution in [0.5, 0.6) is 0 Å². The van der Waals surface area contributed by atoms with Gasteiger partial charge >= 0.3 is 0 Å². The van der Waals surface area contributed by atoms with Crippen LogP contribution < -0.4 is 5.73 Å². The van der Waals surface area contributed by atoms with Gasteiger partial charge in [-0.3, -0.25) is 4.90 Å². The van der Waals surface area contributed by atoms with Gasteiger partial charge in [-0.05, 0) is 53.6 Å². The molecule has 0 fully saturated rings. The van der Waals surface area contributed by atoms with Crippen LogP contribution in [0.2, 0.25) is 0 Å². The van der Waals surface area contributed by atoms with Gasteiger partial charge in [-0.25, -0.2) is 0 Å². The van der Waals surface area contributed by atoms with Gasteiger partial charge in [0, 0.05) is 18.8 Å². The molecule has 3 heteroatoms. The van der Waals surface area contributed by atoms with Gasteiger partial charge in [-0.1, -0.05) is 12.1 Å². The Kier molecular flexibility index (Phi) is 3.82. The molecule has 90 valence electrons. The number of benzene rings is 1. The average molecular weight is 246 g/mol. The van der Waals surface area contributed by atoms with Crippen molar-refractivity contribution in [1.29, 1.82) is 0 Å². The van der Waals surface area contributed by atoms with E-state index in [9.17, 15) is 0 Å². The van der Waals surface area contributed by atoms with Crippen LogP contribution in [-0.2, 0) is 13.1 Å². The van der Waals surface area contributed by atoms with Crippen LogP contribution in [0.3, 0.4) is 0 Å². The molecule has 0 radical (unpaired) electrons. The first kappa shape index (κ1) is 12.1. The van der Waals surface area contributed by atoms with Crippen molar-refractivity contribution in [1.82, 2.24) is 4.90 Å². The highest BCUT2D eigenvalue weighted by molar-refractivity contribution is 7.07. The number of nitrogen functional groups attached to an aromatic ring is 1. The fourth-order valence-electron chi connectivity index (χ4n) is 1.85. The van der Waals surface area contributed by atoms with Crippen molar-refractivity contribution in [2.24, 2.45) is 0 Å². The highest BCUT2D eigenvalue weighted by atomic mass is 32.1. The Balaban J connectivity index is 1.98. The first-order chi connectivity index (χ1) is 8.15. The van der Waals surface area contributed by atoms with Gasteiger partial charge in [0.15, 0.2) is 0 Å². The lowest BCUT2D eigenvalue weighted by Crippen LogP contribution is -2.16. The fourth-order valence-corrected chi connectivity index (χ4v) is 2.51. The van der Waals surface area contributed by atoms with Crippen molar-refractivity contribution in [2.45, 2.75) is 20.0 Å². The van der Waals surface area contributed by atoms with Crippen LogP contribution in [0.15, 0.2) is 35.0 Å². The molecular formula is C14H18N2S. The fraction of sp³-hybridized carbons (Fsp3) is 0.286. The molecule has 1 aromatic heterocycles. The number of hydrogen-bond acceptors (Lipinski definition) is 3. The molecule has 2 N–H and O–H groups in total. The molecule has 0 spiro atoms. The lowest BCUT2D eigenvalue weighted by atomic mass is 10.1. The summed E-state index contributed by atoms with van der Waals surface area (Å²) in [7, 11) is 2.13. The van der Waals surface area contributed by atoms with Gasteiger partial charge < -0.3 is 5.73 Å². The van der Waals surface area contributed by atoms with Gasteiger partial charge in [0.25, 0.3) is 0 Å². The lowest BCUT2D eigenvalue weighted by Gasteiger charge is -2.16. The summed E-state index contributed by atoms with van der Waals surface area (Å²) in [6.07, 6.45) is 0. The van der Waals surface area contributed by atoms with Gasteiger partial charge in [-0.2, -0.15) is 11.3 Å². The van der Waals surface area contributed by atoms with E-state index in [1.54, 1.807) is 11.3 Å². The van der Waals surface area contributed by atoms with E-state index in [0.29, 0.717) is 0 Å². The first-order valence-electron chi connectivity index (χ1n) is 5.70. The second kappa shape index (κ2) is 5.34. The molecule has 2 rings (SSSR count). The maximum absolute atomic E-state index is 5.92. The summed E-state index contributed by atoms with van der Waals surface area (Å²) in [4.78, 5) is 2.30. The molecule has 0 amide bonds. The van der Waals surface area contributed by atoms with E-state index in [0.717, 1.165) is 24.3 Å². The highest BCUT2D eigenvalue weighted by Gasteiger charge is 2.03. The summed E-state index contributed by atoms with van der Waals surface area (Å²) >= 11 is 1.75. The van der Waals surface area contributed by atoms with Crippen LogP contribution in [-0.4, -0.2) is 11.9 Å². The molecule has 2 aromatic rings. The van der Waals surface area contributed by atoms with E-state index in [1.807, 2.05) is 6.92 Å². The van der Waals surface area contributed by atoms with E-state index in [1.165, 1.54) is 11.1 Å². The lowest BCUT2D eigenvalue weighted by molar-refractivity contribution is 0.319. The summed E-state index contributed by atoms with van der Waals surface area (Å²) < 4.78 is 0. The molecule has 0 aliphatic heterocycles. The molecular weight excluding hydrogens is 228 g/mol. The molecule has 2 nitrogen and oxygen atoms in total. The van der Waals surface area contributed by atoms with E-state index >= 15 is 0 Å². The second-order valence-corrected chi connectivity index (χ2v) is 5.27. The largest absolute Gasteiger partial charge is 0.399 e. The van der Waals surface area contributed by atoms with Crippen molar-refractivity contribution in [3.05, 3.63) is 51.7 Å². The number of thiophene rings is 1. The average Bonchev–Trinajstić information content (AvgIpc) is 2.76. The number of rotatable bonds is 4. The predicted molar refractivity (Wildman–Crippen MR) is 75.1 cm³/mol. The predicted octanol–water partition coefficient (Wildman–Crippen LogP) is 3.27. The Morgan fingerprint density at radius 2 is 1.94 bits per heavy atom. The molecule has 0 atom stereocenters. The Hall–Kier alpha value is -1.32. The number of nitrogens with two attached hydrogens (primary N) is 1. The van der Waals surface area contributed by atoms with Crippen LogP contribution in [0, 0.1) is 6.92 Å². The van der Waals surface area contributed by atoms with Crippen LogP contribution in [0.25, 0.3) is 0 Å². The van der Waals surface area contributed by atoms with Crippen molar-refractivity contribution < 1.29 is 0 Å². The zero-order chi connectivity index (χ0) is 12.3. The molecule has 0 aliphatic rings. The molecule has 0 unspecified atom stereocenters. The minimum absolute atomic E-state index is 0.881. The zero-order valence-electron chi connectivity index (χ0n) is 10.3. The topological polar surface area (TPSA) is 29.3 Å². The number of aryl methyl sites for hydroxylation is 1. The Morgan fingerprint density at radius 3 is 2.59 bits per heavy atom. The molecule has 0 bridgehead atoms. The molecule has 1 heterocycles. The second-order valence-electron chi connectivity index (χ2n) is 4.49. The summed E-state index contributed by atoms with van der Waals surface area (Å²) in [5, 5.41) is 4.31. The standard InChI is InChI=1S/C14H18N2S/c1-11-3-4-12(7-14(11)15)8-16(2)9-13-5-6-17-10-13/h3-7,10H,8-9,15H2,1-2H3. The third-order valence-corrected chi connectivity index (χ3v) is 3.56. The molecule has 0 saturated heterocycles. The zero-order valence-corrected chi connectivity index (χ0v) is 11.1. The summed E-state index contributed by atoms with van der Waals surface area (Å²) in [6, 6.07) is 8.48. The number of hydrogen-bond donors (Lipinski definition) is 1. The SMILES string of the molecule is Cc1ccc(CN(C)Cc2ccsc2)cc1N. The molecule has 17 heavy (non-hydrogen) atoms. The van der Waals surface area contributed by atoms with Gasteiger partial charge in [-0.15, -0.1) is 0 Å². The quantitative estimate of drug-likeness (QED) is 0.839. The van der Waals surface area contributed by atoms with Crippen molar-refractivity contribution >= 4 is 17.0 Å². The first-order valence-corrected chi connectivity index (χ1v) is 6.64. The van der Waals surface area contributed by atoms with E-state index in [-0.39, 0.29) is 0 Å². The summed E-state index contributed by atoms with van der Waals surface area (Å²) in [6.45, 7) is 3.95. The highest BCUT2D eigenvalue weighted by Crippen LogP contribution is 2.15. The smallest absolute Gasteiger partial charge is 0.0346 e. The number of nitrogens with zero attached hydrogens (tertiary/aromatic N) is 1.